The van der Waals surface area contributed by atoms with Crippen molar-refractivity contribution in [2.45, 2.75) is 33.4 Å². The lowest BCUT2D eigenvalue weighted by atomic mass is 10.3. The van der Waals surface area contributed by atoms with Crippen LogP contribution in [0.2, 0.25) is 0 Å². The molecule has 2 N–H and O–H groups in total. The molecule has 0 spiro atoms. The largest absolute Gasteiger partial charge is 0.478 e. The lowest BCUT2D eigenvalue weighted by molar-refractivity contribution is 0.326. The van der Waals surface area contributed by atoms with Crippen LogP contribution >= 0.6 is 0 Å². The molecule has 24 heavy (non-hydrogen) atoms. The average molecular weight is 330 g/mol. The van der Waals surface area contributed by atoms with E-state index in [1.807, 2.05) is 36.0 Å². The Bertz CT molecular complexity index is 611. The van der Waals surface area contributed by atoms with E-state index in [4.69, 9.17) is 4.74 Å². The van der Waals surface area contributed by atoms with Gasteiger partial charge in [-0.2, -0.15) is 5.10 Å². The molecule has 7 nitrogen and oxygen atoms in total. The van der Waals surface area contributed by atoms with Crippen molar-refractivity contribution in [1.29, 1.82) is 0 Å². The van der Waals surface area contributed by atoms with E-state index < -0.39 is 0 Å². The Hall–Kier alpha value is -2.57. The van der Waals surface area contributed by atoms with Crippen molar-refractivity contribution >= 4 is 5.96 Å². The van der Waals surface area contributed by atoms with Crippen molar-refractivity contribution in [2.75, 3.05) is 19.7 Å². The van der Waals surface area contributed by atoms with Crippen LogP contribution in [0.1, 0.15) is 25.8 Å². The lowest BCUT2D eigenvalue weighted by Gasteiger charge is -2.11. The molecule has 0 aromatic carbocycles. The topological polar surface area (TPSA) is 76.4 Å². The average Bonchev–Trinajstić information content (AvgIpc) is 3.10. The standard InChI is InChI=1S/C17H26N6O/c1-3-18-17(20-8-5-11-23-12-6-9-22-23)21-14-15-7-10-19-16(13-15)24-4-2/h6-7,9-10,12-13H,3-5,8,11,14H2,1-2H3,(H2,18,20,21). The van der Waals surface area contributed by atoms with E-state index in [0.29, 0.717) is 19.0 Å². The number of aryl methyl sites for hydroxylation is 1. The first kappa shape index (κ1) is 17.8. The van der Waals surface area contributed by atoms with E-state index in [0.717, 1.165) is 37.6 Å². The molecule has 0 amide bonds. The summed E-state index contributed by atoms with van der Waals surface area (Å²) in [5.74, 6) is 1.45. The molecule has 7 heteroatoms. The highest BCUT2D eigenvalue weighted by atomic mass is 16.5. The molecule has 0 radical (unpaired) electrons. The minimum absolute atomic E-state index is 0.580. The van der Waals surface area contributed by atoms with Gasteiger partial charge < -0.3 is 15.4 Å². The van der Waals surface area contributed by atoms with E-state index in [1.165, 1.54) is 0 Å². The molecule has 0 atom stereocenters. The third kappa shape index (κ3) is 6.28. The first-order chi connectivity index (χ1) is 11.8. The molecule has 2 heterocycles. The molecule has 0 unspecified atom stereocenters. The number of ether oxygens (including phenoxy) is 1. The van der Waals surface area contributed by atoms with Crippen molar-refractivity contribution in [3.8, 4) is 5.88 Å². The predicted molar refractivity (Wildman–Crippen MR) is 95.1 cm³/mol. The van der Waals surface area contributed by atoms with Gasteiger partial charge in [0.25, 0.3) is 0 Å². The van der Waals surface area contributed by atoms with Crippen LogP contribution in [0.3, 0.4) is 0 Å². The summed E-state index contributed by atoms with van der Waals surface area (Å²) in [5.41, 5.74) is 1.07. The summed E-state index contributed by atoms with van der Waals surface area (Å²) in [5, 5.41) is 10.8. The number of hydrogen-bond donors (Lipinski definition) is 2. The molecule has 0 fully saturated rings. The summed E-state index contributed by atoms with van der Waals surface area (Å²) in [6.07, 6.45) is 6.50. The molecule has 0 aliphatic heterocycles. The minimum atomic E-state index is 0.580. The van der Waals surface area contributed by atoms with Gasteiger partial charge in [-0.1, -0.05) is 0 Å². The number of aromatic nitrogens is 3. The van der Waals surface area contributed by atoms with E-state index in [1.54, 1.807) is 12.4 Å². The first-order valence-electron chi connectivity index (χ1n) is 8.39. The maximum absolute atomic E-state index is 5.42. The molecule has 2 aromatic rings. The third-order valence-electron chi connectivity index (χ3n) is 3.27. The van der Waals surface area contributed by atoms with Gasteiger partial charge in [0.2, 0.25) is 5.88 Å². The fourth-order valence-corrected chi connectivity index (χ4v) is 2.17. The van der Waals surface area contributed by atoms with Crippen LogP contribution in [0.4, 0.5) is 0 Å². The van der Waals surface area contributed by atoms with Gasteiger partial charge >= 0.3 is 0 Å². The molecular formula is C17H26N6O. The molecular weight excluding hydrogens is 304 g/mol. The maximum Gasteiger partial charge on any atom is 0.213 e. The number of hydrogen-bond acceptors (Lipinski definition) is 4. The fourth-order valence-electron chi connectivity index (χ4n) is 2.17. The zero-order valence-corrected chi connectivity index (χ0v) is 14.4. The number of guanidine groups is 1. The Morgan fingerprint density at radius 2 is 2.21 bits per heavy atom. The van der Waals surface area contributed by atoms with Crippen molar-refractivity contribution in [2.24, 2.45) is 4.99 Å². The number of aliphatic imine (C=N–C) groups is 1. The summed E-state index contributed by atoms with van der Waals surface area (Å²) in [6.45, 7) is 7.75. The summed E-state index contributed by atoms with van der Waals surface area (Å²) >= 11 is 0. The molecule has 0 aliphatic rings. The summed E-state index contributed by atoms with van der Waals surface area (Å²) in [7, 11) is 0. The van der Waals surface area contributed by atoms with Gasteiger partial charge in [0, 0.05) is 44.3 Å². The maximum atomic E-state index is 5.42. The zero-order chi connectivity index (χ0) is 17.0. The number of rotatable bonds is 9. The Morgan fingerprint density at radius 1 is 1.29 bits per heavy atom. The van der Waals surface area contributed by atoms with E-state index >= 15 is 0 Å². The minimum Gasteiger partial charge on any atom is -0.478 e. The van der Waals surface area contributed by atoms with Gasteiger partial charge in [-0.05, 0) is 38.0 Å². The summed E-state index contributed by atoms with van der Waals surface area (Å²) in [6, 6.07) is 5.81. The zero-order valence-electron chi connectivity index (χ0n) is 14.4. The smallest absolute Gasteiger partial charge is 0.213 e. The Labute approximate surface area is 143 Å². The van der Waals surface area contributed by atoms with Crippen LogP contribution in [0.15, 0.2) is 41.8 Å². The van der Waals surface area contributed by atoms with Crippen LogP contribution in [-0.2, 0) is 13.1 Å². The van der Waals surface area contributed by atoms with Gasteiger partial charge in [-0.25, -0.2) is 9.98 Å². The Balaban J connectivity index is 1.82. The second-order valence-electron chi connectivity index (χ2n) is 5.18. The predicted octanol–water partition coefficient (Wildman–Crippen LogP) is 1.82. The molecule has 2 rings (SSSR count). The van der Waals surface area contributed by atoms with Crippen molar-refractivity contribution < 1.29 is 4.74 Å². The molecule has 0 aliphatic carbocycles. The Morgan fingerprint density at radius 3 is 2.96 bits per heavy atom. The summed E-state index contributed by atoms with van der Waals surface area (Å²) < 4.78 is 7.35. The van der Waals surface area contributed by atoms with Crippen molar-refractivity contribution in [3.63, 3.8) is 0 Å². The highest BCUT2D eigenvalue weighted by Crippen LogP contribution is 2.10. The van der Waals surface area contributed by atoms with Crippen molar-refractivity contribution in [1.82, 2.24) is 25.4 Å². The van der Waals surface area contributed by atoms with Gasteiger partial charge in [0.15, 0.2) is 5.96 Å². The van der Waals surface area contributed by atoms with Crippen LogP contribution < -0.4 is 15.4 Å². The van der Waals surface area contributed by atoms with Gasteiger partial charge in [0.1, 0.15) is 0 Å². The molecule has 130 valence electrons. The van der Waals surface area contributed by atoms with E-state index in [9.17, 15) is 0 Å². The number of nitrogens with zero attached hydrogens (tertiary/aromatic N) is 4. The summed E-state index contributed by atoms with van der Waals surface area (Å²) in [4.78, 5) is 8.78. The first-order valence-corrected chi connectivity index (χ1v) is 8.39. The molecule has 0 bridgehead atoms. The second kappa shape index (κ2) is 10.3. The lowest BCUT2D eigenvalue weighted by Crippen LogP contribution is -2.38. The normalized spacial score (nSPS) is 11.3. The molecule has 0 saturated carbocycles. The quantitative estimate of drug-likeness (QED) is 0.417. The number of nitrogens with one attached hydrogen (secondary N) is 2. The molecule has 0 saturated heterocycles. The van der Waals surface area contributed by atoms with Gasteiger partial charge in [-0.15, -0.1) is 0 Å². The highest BCUT2D eigenvalue weighted by molar-refractivity contribution is 5.79. The Kier molecular flexibility index (Phi) is 7.59. The van der Waals surface area contributed by atoms with Gasteiger partial charge in [-0.3, -0.25) is 4.68 Å². The highest BCUT2D eigenvalue weighted by Gasteiger charge is 2.00. The third-order valence-corrected chi connectivity index (χ3v) is 3.27. The van der Waals surface area contributed by atoms with Gasteiger partial charge in [0.05, 0.1) is 13.2 Å². The fraction of sp³-hybridized carbons (Fsp3) is 0.471. The van der Waals surface area contributed by atoms with Crippen LogP contribution in [0.25, 0.3) is 0 Å². The SMILES string of the molecule is CCNC(=NCc1ccnc(OCC)c1)NCCCn1cccn1. The molecule has 2 aromatic heterocycles. The monoisotopic (exact) mass is 330 g/mol. The van der Waals surface area contributed by atoms with Crippen molar-refractivity contribution in [3.05, 3.63) is 42.4 Å². The van der Waals surface area contributed by atoms with Crippen LogP contribution in [0, 0.1) is 0 Å². The van der Waals surface area contributed by atoms with E-state index in [-0.39, 0.29) is 0 Å². The van der Waals surface area contributed by atoms with Crippen LogP contribution in [-0.4, -0.2) is 40.4 Å². The van der Waals surface area contributed by atoms with E-state index in [2.05, 4.69) is 32.6 Å². The second-order valence-corrected chi connectivity index (χ2v) is 5.18. The number of pyridine rings is 1. The van der Waals surface area contributed by atoms with Crippen LogP contribution in [0.5, 0.6) is 5.88 Å².